The molecule has 1 unspecified atom stereocenters. The molecule has 0 bridgehead atoms. The van der Waals surface area contributed by atoms with Gasteiger partial charge in [-0.1, -0.05) is 6.07 Å². The zero-order chi connectivity index (χ0) is 13.0. The SMILES string of the molecule is COc1ccc(CNC(=O)C2CNC(=O)C2)cn1. The van der Waals surface area contributed by atoms with Crippen LogP contribution >= 0.6 is 0 Å². The summed E-state index contributed by atoms with van der Waals surface area (Å²) in [5, 5.41) is 5.42. The molecule has 96 valence electrons. The number of rotatable bonds is 4. The summed E-state index contributed by atoms with van der Waals surface area (Å²) in [6.07, 6.45) is 1.92. The molecule has 1 aromatic rings. The van der Waals surface area contributed by atoms with Crippen LogP contribution in [0.3, 0.4) is 0 Å². The molecule has 2 rings (SSSR count). The quantitative estimate of drug-likeness (QED) is 0.777. The van der Waals surface area contributed by atoms with E-state index in [1.165, 1.54) is 0 Å². The lowest BCUT2D eigenvalue weighted by atomic mass is 10.1. The third-order valence-corrected chi connectivity index (χ3v) is 2.82. The van der Waals surface area contributed by atoms with Gasteiger partial charge in [0.05, 0.1) is 13.0 Å². The first-order valence-electron chi connectivity index (χ1n) is 5.72. The molecule has 1 fully saturated rings. The van der Waals surface area contributed by atoms with Crippen LogP contribution in [0.5, 0.6) is 5.88 Å². The maximum absolute atomic E-state index is 11.7. The molecule has 2 amide bonds. The van der Waals surface area contributed by atoms with Crippen LogP contribution in [-0.4, -0.2) is 30.5 Å². The minimum absolute atomic E-state index is 0.0683. The predicted octanol–water partition coefficient (Wildman–Crippen LogP) is -0.158. The van der Waals surface area contributed by atoms with Crippen molar-refractivity contribution in [2.24, 2.45) is 5.92 Å². The Hall–Kier alpha value is -2.11. The highest BCUT2D eigenvalue weighted by Gasteiger charge is 2.27. The van der Waals surface area contributed by atoms with Crippen LogP contribution in [0.4, 0.5) is 0 Å². The van der Waals surface area contributed by atoms with Gasteiger partial charge in [0.25, 0.3) is 0 Å². The summed E-state index contributed by atoms with van der Waals surface area (Å²) in [4.78, 5) is 26.8. The Morgan fingerprint density at radius 3 is 3.00 bits per heavy atom. The molecule has 1 aliphatic heterocycles. The van der Waals surface area contributed by atoms with E-state index >= 15 is 0 Å². The highest BCUT2D eigenvalue weighted by atomic mass is 16.5. The molecule has 1 atom stereocenters. The molecule has 18 heavy (non-hydrogen) atoms. The van der Waals surface area contributed by atoms with E-state index in [0.29, 0.717) is 19.0 Å². The molecule has 0 saturated carbocycles. The van der Waals surface area contributed by atoms with Crippen molar-refractivity contribution in [1.82, 2.24) is 15.6 Å². The number of carbonyl (C=O) groups excluding carboxylic acids is 2. The van der Waals surface area contributed by atoms with Crippen LogP contribution in [0.2, 0.25) is 0 Å². The van der Waals surface area contributed by atoms with Crippen molar-refractivity contribution >= 4 is 11.8 Å². The van der Waals surface area contributed by atoms with Gasteiger partial charge in [0.1, 0.15) is 0 Å². The van der Waals surface area contributed by atoms with E-state index in [1.807, 2.05) is 6.07 Å². The first-order chi connectivity index (χ1) is 8.69. The monoisotopic (exact) mass is 249 g/mol. The Labute approximate surface area is 105 Å². The summed E-state index contributed by atoms with van der Waals surface area (Å²) in [7, 11) is 1.55. The molecule has 1 saturated heterocycles. The van der Waals surface area contributed by atoms with Crippen LogP contribution in [-0.2, 0) is 16.1 Å². The highest BCUT2D eigenvalue weighted by molar-refractivity contribution is 5.89. The molecule has 0 spiro atoms. The van der Waals surface area contributed by atoms with Crippen molar-refractivity contribution < 1.29 is 14.3 Å². The van der Waals surface area contributed by atoms with E-state index < -0.39 is 0 Å². The largest absolute Gasteiger partial charge is 0.481 e. The average Bonchev–Trinajstić information content (AvgIpc) is 2.83. The molecule has 0 radical (unpaired) electrons. The summed E-state index contributed by atoms with van der Waals surface area (Å²) < 4.78 is 4.94. The Morgan fingerprint density at radius 1 is 1.61 bits per heavy atom. The summed E-state index contributed by atoms with van der Waals surface area (Å²) in [6.45, 7) is 0.825. The second-order valence-electron chi connectivity index (χ2n) is 4.13. The third kappa shape index (κ3) is 2.97. The summed E-state index contributed by atoms with van der Waals surface area (Å²) in [5.74, 6) is 0.102. The van der Waals surface area contributed by atoms with Crippen molar-refractivity contribution in [1.29, 1.82) is 0 Å². The second kappa shape index (κ2) is 5.48. The number of ether oxygens (including phenoxy) is 1. The highest BCUT2D eigenvalue weighted by Crippen LogP contribution is 2.10. The average molecular weight is 249 g/mol. The fourth-order valence-corrected chi connectivity index (χ4v) is 1.76. The predicted molar refractivity (Wildman–Crippen MR) is 63.8 cm³/mol. The Morgan fingerprint density at radius 2 is 2.44 bits per heavy atom. The summed E-state index contributed by atoms with van der Waals surface area (Å²) in [5.41, 5.74) is 0.890. The van der Waals surface area contributed by atoms with Gasteiger partial charge in [0, 0.05) is 31.8 Å². The molecule has 6 heteroatoms. The molecule has 1 aromatic heterocycles. The fraction of sp³-hybridized carbons (Fsp3) is 0.417. The number of pyridine rings is 1. The van der Waals surface area contributed by atoms with Crippen LogP contribution in [0.15, 0.2) is 18.3 Å². The molecule has 0 aromatic carbocycles. The lowest BCUT2D eigenvalue weighted by Crippen LogP contribution is -2.31. The van der Waals surface area contributed by atoms with Crippen molar-refractivity contribution in [3.63, 3.8) is 0 Å². The van der Waals surface area contributed by atoms with Gasteiger partial charge in [-0.15, -0.1) is 0 Å². The molecule has 6 nitrogen and oxygen atoms in total. The van der Waals surface area contributed by atoms with E-state index in [2.05, 4.69) is 15.6 Å². The van der Waals surface area contributed by atoms with E-state index in [0.717, 1.165) is 5.56 Å². The minimum atomic E-state index is -0.260. The molecular formula is C12H15N3O3. The smallest absolute Gasteiger partial charge is 0.225 e. The number of carbonyl (C=O) groups is 2. The van der Waals surface area contributed by atoms with Gasteiger partial charge in [-0.25, -0.2) is 4.98 Å². The summed E-state index contributed by atoms with van der Waals surface area (Å²) >= 11 is 0. The standard InChI is InChI=1S/C12H15N3O3/c1-18-11-3-2-8(5-14-11)6-15-12(17)9-4-10(16)13-7-9/h2-3,5,9H,4,6-7H2,1H3,(H,13,16)(H,15,17). The zero-order valence-electron chi connectivity index (χ0n) is 10.1. The van der Waals surface area contributed by atoms with Crippen LogP contribution < -0.4 is 15.4 Å². The Balaban J connectivity index is 1.83. The van der Waals surface area contributed by atoms with Gasteiger partial charge in [0.15, 0.2) is 0 Å². The number of methoxy groups -OCH3 is 1. The van der Waals surface area contributed by atoms with Gasteiger partial charge < -0.3 is 15.4 Å². The number of nitrogens with zero attached hydrogens (tertiary/aromatic N) is 1. The molecule has 1 aliphatic rings. The minimum Gasteiger partial charge on any atom is -0.481 e. The molecular weight excluding hydrogens is 234 g/mol. The van der Waals surface area contributed by atoms with Crippen LogP contribution in [0, 0.1) is 5.92 Å². The molecule has 2 heterocycles. The number of amides is 2. The van der Waals surface area contributed by atoms with Gasteiger partial charge in [-0.2, -0.15) is 0 Å². The fourth-order valence-electron chi connectivity index (χ4n) is 1.76. The Kier molecular flexibility index (Phi) is 3.76. The topological polar surface area (TPSA) is 80.3 Å². The number of hydrogen-bond acceptors (Lipinski definition) is 4. The van der Waals surface area contributed by atoms with Crippen LogP contribution in [0.25, 0.3) is 0 Å². The van der Waals surface area contributed by atoms with Crippen molar-refractivity contribution in [2.45, 2.75) is 13.0 Å². The first kappa shape index (κ1) is 12.3. The van der Waals surface area contributed by atoms with E-state index in [4.69, 9.17) is 4.74 Å². The van der Waals surface area contributed by atoms with Gasteiger partial charge in [0.2, 0.25) is 17.7 Å². The number of nitrogens with one attached hydrogen (secondary N) is 2. The third-order valence-electron chi connectivity index (χ3n) is 2.82. The first-order valence-corrected chi connectivity index (χ1v) is 5.72. The van der Waals surface area contributed by atoms with Crippen molar-refractivity contribution in [3.8, 4) is 5.88 Å². The second-order valence-corrected chi connectivity index (χ2v) is 4.13. The molecule has 0 aliphatic carbocycles. The Bertz CT molecular complexity index is 444. The lowest BCUT2D eigenvalue weighted by Gasteiger charge is -2.09. The van der Waals surface area contributed by atoms with Gasteiger partial charge in [-0.3, -0.25) is 9.59 Å². The van der Waals surface area contributed by atoms with Crippen molar-refractivity contribution in [2.75, 3.05) is 13.7 Å². The lowest BCUT2D eigenvalue weighted by molar-refractivity contribution is -0.126. The van der Waals surface area contributed by atoms with E-state index in [9.17, 15) is 9.59 Å². The maximum Gasteiger partial charge on any atom is 0.225 e. The van der Waals surface area contributed by atoms with Gasteiger partial charge >= 0.3 is 0 Å². The van der Waals surface area contributed by atoms with Crippen molar-refractivity contribution in [3.05, 3.63) is 23.9 Å². The van der Waals surface area contributed by atoms with E-state index in [-0.39, 0.29) is 24.2 Å². The number of aromatic nitrogens is 1. The molecule has 2 N–H and O–H groups in total. The number of hydrogen-bond donors (Lipinski definition) is 2. The zero-order valence-corrected chi connectivity index (χ0v) is 10.1. The maximum atomic E-state index is 11.7. The van der Waals surface area contributed by atoms with Gasteiger partial charge in [-0.05, 0) is 5.56 Å². The normalized spacial score (nSPS) is 18.3. The summed E-state index contributed by atoms with van der Waals surface area (Å²) in [6, 6.07) is 3.58. The van der Waals surface area contributed by atoms with Crippen LogP contribution in [0.1, 0.15) is 12.0 Å². The van der Waals surface area contributed by atoms with E-state index in [1.54, 1.807) is 19.4 Å².